The number of nitrogens with one attached hydrogen (secondary N) is 1. The monoisotopic (exact) mass is 277 g/mol. The van der Waals surface area contributed by atoms with Crippen molar-refractivity contribution in [3.63, 3.8) is 0 Å². The van der Waals surface area contributed by atoms with Crippen molar-refractivity contribution in [2.75, 3.05) is 32.9 Å². The molecule has 0 spiro atoms. The molecule has 19 heavy (non-hydrogen) atoms. The Hall–Kier alpha value is -1.59. The lowest BCUT2D eigenvalue weighted by Gasteiger charge is -2.16. The minimum atomic E-state index is 0.00908. The highest BCUT2D eigenvalue weighted by molar-refractivity contribution is 7.21. The van der Waals surface area contributed by atoms with E-state index in [9.17, 15) is 4.79 Å². The van der Waals surface area contributed by atoms with Gasteiger partial charge in [0.15, 0.2) is 0 Å². The van der Waals surface area contributed by atoms with Crippen molar-refractivity contribution in [1.29, 1.82) is 0 Å². The molecule has 1 amide bonds. The summed E-state index contributed by atoms with van der Waals surface area (Å²) >= 11 is 1.47. The summed E-state index contributed by atoms with van der Waals surface area (Å²) in [7, 11) is 3.73. The van der Waals surface area contributed by atoms with E-state index in [0.717, 1.165) is 29.6 Å². The van der Waals surface area contributed by atoms with Gasteiger partial charge in [-0.3, -0.25) is 4.79 Å². The summed E-state index contributed by atoms with van der Waals surface area (Å²) in [6, 6.07) is 7.85. The average Bonchev–Trinajstić information content (AvgIpc) is 2.76. The van der Waals surface area contributed by atoms with Crippen molar-refractivity contribution in [2.24, 2.45) is 0 Å². The summed E-state index contributed by atoms with van der Waals surface area (Å²) in [6.45, 7) is 1.63. The Kier molecular flexibility index (Phi) is 4.39. The minimum absolute atomic E-state index is 0.00908. The number of hydrogen-bond acceptors (Lipinski definition) is 4. The van der Waals surface area contributed by atoms with Gasteiger partial charge in [0.2, 0.25) is 0 Å². The largest absolute Gasteiger partial charge is 0.397 e. The van der Waals surface area contributed by atoms with Crippen LogP contribution in [0, 0.1) is 0 Å². The molecule has 0 saturated carbocycles. The molecular formula is C14H19N3OS. The maximum Gasteiger partial charge on any atom is 0.265 e. The van der Waals surface area contributed by atoms with E-state index in [1.165, 1.54) is 11.3 Å². The normalized spacial score (nSPS) is 10.8. The number of fused-ring (bicyclic) bond motifs is 1. The lowest BCUT2D eigenvalue weighted by atomic mass is 10.2. The quantitative estimate of drug-likeness (QED) is 0.823. The molecule has 0 fully saturated rings. The van der Waals surface area contributed by atoms with E-state index in [4.69, 9.17) is 5.73 Å². The first-order valence-electron chi connectivity index (χ1n) is 6.32. The zero-order chi connectivity index (χ0) is 13.8. The van der Waals surface area contributed by atoms with Crippen molar-refractivity contribution < 1.29 is 4.79 Å². The Balaban J connectivity index is 2.19. The molecular weight excluding hydrogens is 258 g/mol. The maximum absolute atomic E-state index is 12.4. The Morgan fingerprint density at radius 3 is 2.84 bits per heavy atom. The predicted molar refractivity (Wildman–Crippen MR) is 81.7 cm³/mol. The van der Waals surface area contributed by atoms with Crippen molar-refractivity contribution in [1.82, 2.24) is 10.2 Å². The van der Waals surface area contributed by atoms with Gasteiger partial charge >= 0.3 is 0 Å². The van der Waals surface area contributed by atoms with Crippen LogP contribution in [0.1, 0.15) is 16.1 Å². The lowest BCUT2D eigenvalue weighted by Crippen LogP contribution is -2.29. The molecule has 1 heterocycles. The maximum atomic E-state index is 12.4. The van der Waals surface area contributed by atoms with E-state index in [1.807, 2.05) is 38.4 Å². The van der Waals surface area contributed by atoms with E-state index in [-0.39, 0.29) is 5.91 Å². The topological polar surface area (TPSA) is 58.4 Å². The van der Waals surface area contributed by atoms with E-state index < -0.39 is 0 Å². The van der Waals surface area contributed by atoms with Crippen LogP contribution in [0.2, 0.25) is 0 Å². The number of hydrogen-bond donors (Lipinski definition) is 2. The highest BCUT2D eigenvalue weighted by Crippen LogP contribution is 2.33. The van der Waals surface area contributed by atoms with Gasteiger partial charge in [-0.15, -0.1) is 11.3 Å². The van der Waals surface area contributed by atoms with Crippen LogP contribution in [0.15, 0.2) is 24.3 Å². The zero-order valence-electron chi connectivity index (χ0n) is 11.3. The van der Waals surface area contributed by atoms with Gasteiger partial charge in [-0.25, -0.2) is 0 Å². The van der Waals surface area contributed by atoms with Gasteiger partial charge in [0.05, 0.1) is 5.69 Å². The standard InChI is InChI=1S/C14H19N3OS/c1-16-8-5-9-17(2)14(18)13-12(15)10-6-3-4-7-11(10)19-13/h3-4,6-7,16H,5,8-9,15H2,1-2H3. The molecule has 0 aliphatic heterocycles. The zero-order valence-corrected chi connectivity index (χ0v) is 12.1. The SMILES string of the molecule is CNCCCN(C)C(=O)c1sc2ccccc2c1N. The molecule has 2 rings (SSSR count). The molecule has 0 aliphatic carbocycles. The van der Waals surface area contributed by atoms with Crippen LogP contribution in [0.25, 0.3) is 10.1 Å². The number of carbonyl (C=O) groups excluding carboxylic acids is 1. The fourth-order valence-corrected chi connectivity index (χ4v) is 3.11. The number of amides is 1. The molecule has 0 atom stereocenters. The Morgan fingerprint density at radius 1 is 1.42 bits per heavy atom. The summed E-state index contributed by atoms with van der Waals surface area (Å²) in [5.74, 6) is 0.00908. The second-order valence-electron chi connectivity index (χ2n) is 4.52. The first-order valence-corrected chi connectivity index (χ1v) is 7.14. The van der Waals surface area contributed by atoms with Crippen molar-refractivity contribution in [3.8, 4) is 0 Å². The summed E-state index contributed by atoms with van der Waals surface area (Å²) in [6.07, 6.45) is 0.934. The summed E-state index contributed by atoms with van der Waals surface area (Å²) < 4.78 is 1.06. The molecule has 0 saturated heterocycles. The van der Waals surface area contributed by atoms with Gasteiger partial charge in [0.1, 0.15) is 4.88 Å². The molecule has 1 aromatic carbocycles. The average molecular weight is 277 g/mol. The van der Waals surface area contributed by atoms with Crippen molar-refractivity contribution >= 4 is 33.0 Å². The van der Waals surface area contributed by atoms with Crippen LogP contribution < -0.4 is 11.1 Å². The number of carbonyl (C=O) groups is 1. The summed E-state index contributed by atoms with van der Waals surface area (Å²) in [4.78, 5) is 14.7. The third-order valence-electron chi connectivity index (χ3n) is 3.10. The highest BCUT2D eigenvalue weighted by atomic mass is 32.1. The number of thiophene rings is 1. The number of rotatable bonds is 5. The third-order valence-corrected chi connectivity index (χ3v) is 4.27. The molecule has 0 bridgehead atoms. The number of nitrogens with two attached hydrogens (primary N) is 1. The number of anilines is 1. The second-order valence-corrected chi connectivity index (χ2v) is 5.58. The van der Waals surface area contributed by atoms with E-state index >= 15 is 0 Å². The molecule has 2 aromatic rings. The summed E-state index contributed by atoms with van der Waals surface area (Å²) in [5.41, 5.74) is 6.69. The molecule has 1 aromatic heterocycles. The predicted octanol–water partition coefficient (Wildman–Crippen LogP) is 2.17. The van der Waals surface area contributed by atoms with Crippen LogP contribution in [-0.4, -0.2) is 38.0 Å². The molecule has 0 aliphatic rings. The Labute approximate surface area is 117 Å². The van der Waals surface area contributed by atoms with Gasteiger partial charge < -0.3 is 16.0 Å². The Bertz CT molecular complexity index is 579. The lowest BCUT2D eigenvalue weighted by molar-refractivity contribution is 0.0799. The van der Waals surface area contributed by atoms with Crippen LogP contribution in [-0.2, 0) is 0 Å². The van der Waals surface area contributed by atoms with Crippen LogP contribution >= 0.6 is 11.3 Å². The summed E-state index contributed by atoms with van der Waals surface area (Å²) in [5, 5.41) is 4.05. The van der Waals surface area contributed by atoms with Gasteiger partial charge in [0.25, 0.3) is 5.91 Å². The molecule has 102 valence electrons. The molecule has 5 heteroatoms. The van der Waals surface area contributed by atoms with Crippen LogP contribution in [0.3, 0.4) is 0 Å². The van der Waals surface area contributed by atoms with Gasteiger partial charge in [0, 0.05) is 23.7 Å². The van der Waals surface area contributed by atoms with Gasteiger partial charge in [-0.05, 0) is 26.1 Å². The second kappa shape index (κ2) is 6.04. The Morgan fingerprint density at radius 2 is 2.16 bits per heavy atom. The number of benzene rings is 1. The van der Waals surface area contributed by atoms with Crippen LogP contribution in [0.4, 0.5) is 5.69 Å². The van der Waals surface area contributed by atoms with Crippen LogP contribution in [0.5, 0.6) is 0 Å². The minimum Gasteiger partial charge on any atom is -0.397 e. The highest BCUT2D eigenvalue weighted by Gasteiger charge is 2.19. The molecule has 0 unspecified atom stereocenters. The van der Waals surface area contributed by atoms with Gasteiger partial charge in [-0.2, -0.15) is 0 Å². The first-order chi connectivity index (χ1) is 9.15. The third kappa shape index (κ3) is 2.88. The van der Waals surface area contributed by atoms with Crippen molar-refractivity contribution in [2.45, 2.75) is 6.42 Å². The van der Waals surface area contributed by atoms with E-state index in [2.05, 4.69) is 5.32 Å². The molecule has 0 radical (unpaired) electrons. The molecule has 4 nitrogen and oxygen atoms in total. The number of nitrogens with zero attached hydrogens (tertiary/aromatic N) is 1. The molecule has 3 N–H and O–H groups in total. The fraction of sp³-hybridized carbons (Fsp3) is 0.357. The number of nitrogen functional groups attached to an aromatic ring is 1. The van der Waals surface area contributed by atoms with Gasteiger partial charge in [-0.1, -0.05) is 18.2 Å². The first kappa shape index (κ1) is 13.8. The van der Waals surface area contributed by atoms with Crippen molar-refractivity contribution in [3.05, 3.63) is 29.1 Å². The van der Waals surface area contributed by atoms with E-state index in [1.54, 1.807) is 4.90 Å². The van der Waals surface area contributed by atoms with E-state index in [0.29, 0.717) is 10.6 Å². The fourth-order valence-electron chi connectivity index (χ4n) is 1.99. The smallest absolute Gasteiger partial charge is 0.265 e.